The largest absolute Gasteiger partial charge is 0.338 e. The fourth-order valence-corrected chi connectivity index (χ4v) is 3.08. The van der Waals surface area contributed by atoms with Gasteiger partial charge in [-0.15, -0.1) is 24.8 Å². The molecule has 0 radical (unpaired) electrons. The maximum atomic E-state index is 12.6. The van der Waals surface area contributed by atoms with Crippen molar-refractivity contribution in [1.29, 1.82) is 0 Å². The number of rotatable bonds is 4. The van der Waals surface area contributed by atoms with Gasteiger partial charge in [-0.1, -0.05) is 60.2 Å². The van der Waals surface area contributed by atoms with Crippen LogP contribution in [0.25, 0.3) is 0 Å². The lowest BCUT2D eigenvalue weighted by atomic mass is 10.0. The van der Waals surface area contributed by atoms with Gasteiger partial charge in [-0.3, -0.25) is 9.69 Å². The molecule has 1 saturated heterocycles. The minimum absolute atomic E-state index is 0. The van der Waals surface area contributed by atoms with Crippen LogP contribution in [0.15, 0.2) is 54.6 Å². The van der Waals surface area contributed by atoms with Gasteiger partial charge >= 0.3 is 0 Å². The molecule has 4 nitrogen and oxygen atoms in total. The van der Waals surface area contributed by atoms with Crippen molar-refractivity contribution in [2.45, 2.75) is 19.5 Å². The molecule has 0 spiro atoms. The van der Waals surface area contributed by atoms with Crippen molar-refractivity contribution in [1.82, 2.24) is 9.80 Å². The predicted molar refractivity (Wildman–Crippen MR) is 111 cm³/mol. The number of carbonyl (C=O) groups is 1. The summed E-state index contributed by atoms with van der Waals surface area (Å²) in [5.74, 6) is 0.0261. The van der Waals surface area contributed by atoms with Gasteiger partial charge < -0.3 is 10.6 Å². The highest BCUT2D eigenvalue weighted by Gasteiger charge is 2.26. The maximum Gasteiger partial charge on any atom is 0.244 e. The van der Waals surface area contributed by atoms with E-state index in [0.717, 1.165) is 38.3 Å². The van der Waals surface area contributed by atoms with Crippen LogP contribution in [0.4, 0.5) is 0 Å². The summed E-state index contributed by atoms with van der Waals surface area (Å²) in [6.07, 6.45) is 0. The number of amides is 1. The van der Waals surface area contributed by atoms with E-state index in [1.807, 2.05) is 42.2 Å². The van der Waals surface area contributed by atoms with E-state index in [2.05, 4.69) is 29.2 Å². The van der Waals surface area contributed by atoms with Gasteiger partial charge in [0.05, 0.1) is 0 Å². The number of nitrogens with zero attached hydrogens (tertiary/aromatic N) is 2. The zero-order chi connectivity index (χ0) is 16.9. The average molecular weight is 396 g/mol. The standard InChI is InChI=1S/C20H25N3O.2ClH/c1-16-7-9-18(10-8-16)19(21)20(24)23-13-11-22(12-14-23)15-17-5-3-2-4-6-17;;/h2-10,19H,11-15,21H2,1H3;2*1H. The van der Waals surface area contributed by atoms with Crippen molar-refractivity contribution in [3.8, 4) is 0 Å². The van der Waals surface area contributed by atoms with Gasteiger partial charge in [0, 0.05) is 32.7 Å². The highest BCUT2D eigenvalue weighted by atomic mass is 35.5. The van der Waals surface area contributed by atoms with E-state index in [0.29, 0.717) is 0 Å². The Morgan fingerprint density at radius 3 is 2.12 bits per heavy atom. The first-order valence-electron chi connectivity index (χ1n) is 8.51. The summed E-state index contributed by atoms with van der Waals surface area (Å²) in [6.45, 7) is 6.23. The molecule has 2 aromatic rings. The highest BCUT2D eigenvalue weighted by molar-refractivity contribution is 5.85. The summed E-state index contributed by atoms with van der Waals surface area (Å²) in [6, 6.07) is 17.8. The molecule has 0 aromatic heterocycles. The minimum Gasteiger partial charge on any atom is -0.338 e. The molecule has 0 bridgehead atoms. The van der Waals surface area contributed by atoms with E-state index in [-0.39, 0.29) is 30.7 Å². The van der Waals surface area contributed by atoms with Crippen LogP contribution in [0.3, 0.4) is 0 Å². The molecule has 2 N–H and O–H groups in total. The molecule has 1 fully saturated rings. The van der Waals surface area contributed by atoms with Crippen molar-refractivity contribution in [3.05, 3.63) is 71.3 Å². The quantitative estimate of drug-likeness (QED) is 0.864. The lowest BCUT2D eigenvalue weighted by molar-refractivity contribution is -0.134. The van der Waals surface area contributed by atoms with Gasteiger partial charge in [0.2, 0.25) is 5.91 Å². The zero-order valence-electron chi connectivity index (χ0n) is 15.0. The lowest BCUT2D eigenvalue weighted by Crippen LogP contribution is -2.50. The van der Waals surface area contributed by atoms with Crippen LogP contribution in [0.2, 0.25) is 0 Å². The number of carbonyl (C=O) groups excluding carboxylic acids is 1. The second kappa shape index (κ2) is 10.5. The summed E-state index contributed by atoms with van der Waals surface area (Å²) in [5, 5.41) is 0. The Balaban J connectivity index is 0.00000169. The van der Waals surface area contributed by atoms with Crippen molar-refractivity contribution in [2.75, 3.05) is 26.2 Å². The fourth-order valence-electron chi connectivity index (χ4n) is 3.08. The Labute approximate surface area is 168 Å². The first kappa shape index (κ1) is 22.5. The molecule has 1 amide bonds. The van der Waals surface area contributed by atoms with Crippen molar-refractivity contribution in [3.63, 3.8) is 0 Å². The Kier molecular flexibility index (Phi) is 9.09. The Bertz CT molecular complexity index is 671. The number of halogens is 2. The van der Waals surface area contributed by atoms with Gasteiger partial charge in [0.15, 0.2) is 0 Å². The van der Waals surface area contributed by atoms with E-state index < -0.39 is 6.04 Å². The van der Waals surface area contributed by atoms with Crippen LogP contribution in [0, 0.1) is 6.92 Å². The molecule has 6 heteroatoms. The molecule has 1 unspecified atom stereocenters. The summed E-state index contributed by atoms with van der Waals surface area (Å²) in [7, 11) is 0. The molecule has 1 aliphatic rings. The molecule has 0 saturated carbocycles. The number of benzene rings is 2. The van der Waals surface area contributed by atoms with Crippen molar-refractivity contribution < 1.29 is 4.79 Å². The van der Waals surface area contributed by atoms with E-state index in [1.165, 1.54) is 11.1 Å². The number of hydrogen-bond donors (Lipinski definition) is 1. The third kappa shape index (κ3) is 5.71. The topological polar surface area (TPSA) is 49.6 Å². The van der Waals surface area contributed by atoms with E-state index >= 15 is 0 Å². The van der Waals surface area contributed by atoms with Crippen LogP contribution in [0.1, 0.15) is 22.7 Å². The Morgan fingerprint density at radius 2 is 1.54 bits per heavy atom. The van der Waals surface area contributed by atoms with Crippen LogP contribution in [-0.4, -0.2) is 41.9 Å². The molecule has 0 aliphatic carbocycles. The van der Waals surface area contributed by atoms with Gasteiger partial charge in [0.1, 0.15) is 6.04 Å². The highest BCUT2D eigenvalue weighted by Crippen LogP contribution is 2.16. The molecule has 3 rings (SSSR count). The van der Waals surface area contributed by atoms with E-state index in [9.17, 15) is 4.79 Å². The monoisotopic (exact) mass is 395 g/mol. The summed E-state index contributed by atoms with van der Waals surface area (Å²) >= 11 is 0. The van der Waals surface area contributed by atoms with Gasteiger partial charge in [0.25, 0.3) is 0 Å². The third-order valence-electron chi connectivity index (χ3n) is 4.64. The van der Waals surface area contributed by atoms with Gasteiger partial charge in [-0.25, -0.2) is 0 Å². The van der Waals surface area contributed by atoms with Gasteiger partial charge in [-0.2, -0.15) is 0 Å². The van der Waals surface area contributed by atoms with E-state index in [4.69, 9.17) is 5.73 Å². The van der Waals surface area contributed by atoms with E-state index in [1.54, 1.807) is 0 Å². The molecular formula is C20H27Cl2N3O. The van der Waals surface area contributed by atoms with Crippen molar-refractivity contribution in [2.24, 2.45) is 5.73 Å². The molecule has 1 atom stereocenters. The van der Waals surface area contributed by atoms with Gasteiger partial charge in [-0.05, 0) is 18.1 Å². The Morgan fingerprint density at radius 1 is 0.962 bits per heavy atom. The molecule has 142 valence electrons. The lowest BCUT2D eigenvalue weighted by Gasteiger charge is -2.36. The summed E-state index contributed by atoms with van der Waals surface area (Å²) < 4.78 is 0. The Hall–Kier alpha value is -1.59. The van der Waals surface area contributed by atoms with Crippen LogP contribution >= 0.6 is 24.8 Å². The smallest absolute Gasteiger partial charge is 0.244 e. The molecule has 2 aromatic carbocycles. The average Bonchev–Trinajstić information content (AvgIpc) is 2.63. The number of piperazine rings is 1. The summed E-state index contributed by atoms with van der Waals surface area (Å²) in [4.78, 5) is 16.9. The summed E-state index contributed by atoms with van der Waals surface area (Å²) in [5.41, 5.74) is 9.55. The fraction of sp³-hybridized carbons (Fsp3) is 0.350. The van der Waals surface area contributed by atoms with Crippen LogP contribution < -0.4 is 5.73 Å². The van der Waals surface area contributed by atoms with Crippen LogP contribution in [-0.2, 0) is 11.3 Å². The first-order chi connectivity index (χ1) is 11.6. The second-order valence-corrected chi connectivity index (χ2v) is 6.48. The normalized spacial score (nSPS) is 15.5. The van der Waals surface area contributed by atoms with Crippen molar-refractivity contribution >= 4 is 30.7 Å². The minimum atomic E-state index is -0.564. The third-order valence-corrected chi connectivity index (χ3v) is 4.64. The second-order valence-electron chi connectivity index (χ2n) is 6.48. The van der Waals surface area contributed by atoms with Crippen LogP contribution in [0.5, 0.6) is 0 Å². The first-order valence-corrected chi connectivity index (χ1v) is 8.51. The SMILES string of the molecule is Cc1ccc(C(N)C(=O)N2CCN(Cc3ccccc3)CC2)cc1.Cl.Cl. The molecular weight excluding hydrogens is 369 g/mol. The molecule has 1 aliphatic heterocycles. The molecule has 26 heavy (non-hydrogen) atoms. The maximum absolute atomic E-state index is 12.6. The zero-order valence-corrected chi connectivity index (χ0v) is 16.6. The predicted octanol–water partition coefficient (Wildman–Crippen LogP) is 3.18. The number of hydrogen-bond acceptors (Lipinski definition) is 3. The number of aryl methyl sites for hydroxylation is 1. The number of nitrogens with two attached hydrogens (primary N) is 1. The molecule has 1 heterocycles.